The molecule has 6 nitrogen and oxygen atoms in total. The van der Waals surface area contributed by atoms with Crippen LogP contribution in [0.1, 0.15) is 47.5 Å². The standard InChI is InChI=1S/C13H22N2O4/c1-6-13(5,7-2)15-12(19)14-10(16)8(3)9(4)11(17)18/h6-7H2,1-5H3,(H,17,18)(H2,14,15,16,19). The van der Waals surface area contributed by atoms with E-state index >= 15 is 0 Å². The van der Waals surface area contributed by atoms with E-state index in [9.17, 15) is 14.4 Å². The summed E-state index contributed by atoms with van der Waals surface area (Å²) in [4.78, 5) is 34.1. The third kappa shape index (κ3) is 5.11. The zero-order valence-corrected chi connectivity index (χ0v) is 12.1. The van der Waals surface area contributed by atoms with Crippen molar-refractivity contribution in [1.82, 2.24) is 10.6 Å². The average Bonchev–Trinajstić information content (AvgIpc) is 2.36. The van der Waals surface area contributed by atoms with E-state index in [2.05, 4.69) is 10.6 Å². The molecule has 0 aliphatic carbocycles. The van der Waals surface area contributed by atoms with Crippen LogP contribution in [-0.4, -0.2) is 28.6 Å². The fourth-order valence-corrected chi connectivity index (χ4v) is 1.26. The van der Waals surface area contributed by atoms with Gasteiger partial charge in [-0.15, -0.1) is 0 Å². The molecule has 3 amide bonds. The molecule has 0 fully saturated rings. The first kappa shape index (κ1) is 17.2. The molecular weight excluding hydrogens is 248 g/mol. The van der Waals surface area contributed by atoms with Crippen LogP contribution in [0.25, 0.3) is 0 Å². The highest BCUT2D eigenvalue weighted by Crippen LogP contribution is 2.13. The highest BCUT2D eigenvalue weighted by molar-refractivity contribution is 6.07. The molecule has 0 saturated carbocycles. The predicted octanol–water partition coefficient (Wildman–Crippen LogP) is 1.81. The molecule has 0 rings (SSSR count). The number of imide groups is 1. The van der Waals surface area contributed by atoms with Crippen LogP contribution in [0.4, 0.5) is 4.79 Å². The summed E-state index contributed by atoms with van der Waals surface area (Å²) in [5.74, 6) is -1.88. The van der Waals surface area contributed by atoms with Crippen LogP contribution in [-0.2, 0) is 9.59 Å². The number of hydrogen-bond acceptors (Lipinski definition) is 3. The lowest BCUT2D eigenvalue weighted by molar-refractivity contribution is -0.133. The van der Waals surface area contributed by atoms with E-state index in [0.29, 0.717) is 0 Å². The topological polar surface area (TPSA) is 95.5 Å². The average molecular weight is 270 g/mol. The number of urea groups is 1. The molecule has 0 radical (unpaired) electrons. The van der Waals surface area contributed by atoms with E-state index < -0.39 is 17.9 Å². The molecule has 0 spiro atoms. The molecule has 3 N–H and O–H groups in total. The molecule has 19 heavy (non-hydrogen) atoms. The minimum atomic E-state index is -1.18. The van der Waals surface area contributed by atoms with Crippen LogP contribution in [0.5, 0.6) is 0 Å². The van der Waals surface area contributed by atoms with E-state index in [4.69, 9.17) is 5.11 Å². The second kappa shape index (κ2) is 6.92. The van der Waals surface area contributed by atoms with Crippen LogP contribution < -0.4 is 10.6 Å². The van der Waals surface area contributed by atoms with Crippen LogP contribution in [0.2, 0.25) is 0 Å². The van der Waals surface area contributed by atoms with Crippen molar-refractivity contribution in [2.75, 3.05) is 0 Å². The molecule has 0 atom stereocenters. The van der Waals surface area contributed by atoms with Gasteiger partial charge in [0.2, 0.25) is 0 Å². The summed E-state index contributed by atoms with van der Waals surface area (Å²) in [6, 6.07) is -0.617. The SMILES string of the molecule is CCC(C)(CC)NC(=O)NC(=O)C(C)=C(C)C(=O)O. The Morgan fingerprint density at radius 3 is 1.89 bits per heavy atom. The molecule has 0 aromatic heterocycles. The lowest BCUT2D eigenvalue weighted by Crippen LogP contribution is -2.51. The van der Waals surface area contributed by atoms with Crippen LogP contribution in [0.15, 0.2) is 11.1 Å². The number of rotatable bonds is 5. The molecule has 0 aromatic carbocycles. The summed E-state index contributed by atoms with van der Waals surface area (Å²) < 4.78 is 0. The van der Waals surface area contributed by atoms with Crippen LogP contribution >= 0.6 is 0 Å². The van der Waals surface area contributed by atoms with Gasteiger partial charge in [-0.25, -0.2) is 9.59 Å². The molecule has 0 heterocycles. The molecular formula is C13H22N2O4. The highest BCUT2D eigenvalue weighted by atomic mass is 16.4. The van der Waals surface area contributed by atoms with E-state index in [1.54, 1.807) is 0 Å². The van der Waals surface area contributed by atoms with E-state index in [0.717, 1.165) is 12.8 Å². The first-order valence-electron chi connectivity index (χ1n) is 6.21. The normalized spacial score (nSPS) is 12.5. The molecule has 0 bridgehead atoms. The Hall–Kier alpha value is -1.85. The summed E-state index contributed by atoms with van der Waals surface area (Å²) in [6.45, 7) is 8.43. The third-order valence-electron chi connectivity index (χ3n) is 3.43. The van der Waals surface area contributed by atoms with Gasteiger partial charge in [0.1, 0.15) is 0 Å². The number of aliphatic carboxylic acids is 1. The largest absolute Gasteiger partial charge is 0.478 e. The second-order valence-electron chi connectivity index (χ2n) is 4.73. The van der Waals surface area contributed by atoms with Crippen molar-refractivity contribution in [1.29, 1.82) is 0 Å². The van der Waals surface area contributed by atoms with E-state index in [-0.39, 0.29) is 16.7 Å². The van der Waals surface area contributed by atoms with E-state index in [1.807, 2.05) is 20.8 Å². The number of carbonyl (C=O) groups is 3. The zero-order valence-electron chi connectivity index (χ0n) is 12.1. The highest BCUT2D eigenvalue weighted by Gasteiger charge is 2.23. The number of nitrogens with one attached hydrogen (secondary N) is 2. The fourth-order valence-electron chi connectivity index (χ4n) is 1.26. The number of amides is 3. The van der Waals surface area contributed by atoms with Crippen LogP contribution in [0.3, 0.4) is 0 Å². The summed E-state index contributed by atoms with van der Waals surface area (Å²) in [6.07, 6.45) is 1.46. The second-order valence-corrected chi connectivity index (χ2v) is 4.73. The molecule has 6 heteroatoms. The summed E-state index contributed by atoms with van der Waals surface area (Å²) in [5.41, 5.74) is -0.458. The Bertz CT molecular complexity index is 409. The van der Waals surface area contributed by atoms with Crippen molar-refractivity contribution in [2.45, 2.75) is 53.0 Å². The third-order valence-corrected chi connectivity index (χ3v) is 3.43. The van der Waals surface area contributed by atoms with Gasteiger partial charge in [0.05, 0.1) is 0 Å². The summed E-state index contributed by atoms with van der Waals surface area (Å²) in [7, 11) is 0. The lowest BCUT2D eigenvalue weighted by Gasteiger charge is -2.28. The Kier molecular flexibility index (Phi) is 6.24. The first-order chi connectivity index (χ1) is 8.66. The van der Waals surface area contributed by atoms with Crippen molar-refractivity contribution in [3.05, 3.63) is 11.1 Å². The summed E-state index contributed by atoms with van der Waals surface area (Å²) in [5, 5.41) is 13.6. The minimum absolute atomic E-state index is 0.0114. The van der Waals surface area contributed by atoms with Crippen molar-refractivity contribution in [3.8, 4) is 0 Å². The molecule has 0 aliphatic rings. The number of hydrogen-bond donors (Lipinski definition) is 3. The molecule has 108 valence electrons. The minimum Gasteiger partial charge on any atom is -0.478 e. The van der Waals surface area contributed by atoms with Gasteiger partial charge in [-0.2, -0.15) is 0 Å². The quantitative estimate of drug-likeness (QED) is 0.664. The van der Waals surface area contributed by atoms with Crippen LogP contribution in [0, 0.1) is 0 Å². The van der Waals surface area contributed by atoms with Gasteiger partial charge >= 0.3 is 12.0 Å². The van der Waals surface area contributed by atoms with Gasteiger partial charge in [0.15, 0.2) is 0 Å². The fraction of sp³-hybridized carbons (Fsp3) is 0.615. The molecule has 0 saturated heterocycles. The van der Waals surface area contributed by atoms with Crippen molar-refractivity contribution in [2.24, 2.45) is 0 Å². The van der Waals surface area contributed by atoms with E-state index in [1.165, 1.54) is 13.8 Å². The smallest absolute Gasteiger partial charge is 0.331 e. The maximum absolute atomic E-state index is 11.7. The number of carboxylic acid groups (broad SMARTS) is 1. The van der Waals surface area contributed by atoms with Crippen molar-refractivity contribution < 1.29 is 19.5 Å². The number of carboxylic acids is 1. The Morgan fingerprint density at radius 2 is 1.53 bits per heavy atom. The maximum atomic E-state index is 11.7. The van der Waals surface area contributed by atoms with Gasteiger partial charge in [0.25, 0.3) is 5.91 Å². The van der Waals surface area contributed by atoms with Gasteiger partial charge in [-0.05, 0) is 33.6 Å². The summed E-state index contributed by atoms with van der Waals surface area (Å²) >= 11 is 0. The van der Waals surface area contributed by atoms with Gasteiger partial charge < -0.3 is 10.4 Å². The molecule has 0 unspecified atom stereocenters. The Labute approximate surface area is 113 Å². The maximum Gasteiger partial charge on any atom is 0.331 e. The Balaban J connectivity index is 4.72. The van der Waals surface area contributed by atoms with Gasteiger partial charge in [-0.3, -0.25) is 10.1 Å². The predicted molar refractivity (Wildman–Crippen MR) is 71.7 cm³/mol. The monoisotopic (exact) mass is 270 g/mol. The van der Waals surface area contributed by atoms with Gasteiger partial charge in [-0.1, -0.05) is 13.8 Å². The molecule has 0 aliphatic heterocycles. The number of carbonyl (C=O) groups excluding carboxylic acids is 2. The van der Waals surface area contributed by atoms with Gasteiger partial charge in [0, 0.05) is 16.7 Å². The van der Waals surface area contributed by atoms with Crippen molar-refractivity contribution >= 4 is 17.9 Å². The lowest BCUT2D eigenvalue weighted by atomic mass is 9.96. The zero-order chi connectivity index (χ0) is 15.2. The molecule has 0 aromatic rings. The Morgan fingerprint density at radius 1 is 1.05 bits per heavy atom. The van der Waals surface area contributed by atoms with Crippen molar-refractivity contribution in [3.63, 3.8) is 0 Å². The first-order valence-corrected chi connectivity index (χ1v) is 6.21.